The first-order valence-corrected chi connectivity index (χ1v) is 9.03. The molecule has 1 unspecified atom stereocenters. The summed E-state index contributed by atoms with van der Waals surface area (Å²) in [5.74, 6) is 0.779. The number of carbonyl (C=O) groups is 1. The van der Waals surface area contributed by atoms with Gasteiger partial charge in [0.25, 0.3) is 6.01 Å². The lowest BCUT2D eigenvalue weighted by Gasteiger charge is -2.30. The Morgan fingerprint density at radius 3 is 3.15 bits per heavy atom. The molecular formula is C18H20ClN5O2. The summed E-state index contributed by atoms with van der Waals surface area (Å²) in [6.45, 7) is 1.84. The van der Waals surface area contributed by atoms with Crippen LogP contribution in [0.25, 0.3) is 11.1 Å². The number of anilines is 1. The molecule has 0 aliphatic carbocycles. The van der Waals surface area contributed by atoms with Crippen molar-refractivity contribution in [2.45, 2.75) is 19.4 Å². The Bertz CT molecular complexity index is 935. The Labute approximate surface area is 156 Å². The molecule has 1 aliphatic rings. The number of oxazole rings is 1. The zero-order chi connectivity index (χ0) is 18.1. The maximum Gasteiger partial charge on any atom is 0.298 e. The van der Waals surface area contributed by atoms with Crippen LogP contribution in [0.5, 0.6) is 0 Å². The van der Waals surface area contributed by atoms with Gasteiger partial charge in [-0.25, -0.2) is 4.98 Å². The van der Waals surface area contributed by atoms with Gasteiger partial charge in [0.2, 0.25) is 5.91 Å². The van der Waals surface area contributed by atoms with Crippen molar-refractivity contribution in [1.29, 1.82) is 0 Å². The number of nitrogens with one attached hydrogen (secondary N) is 1. The van der Waals surface area contributed by atoms with Crippen molar-refractivity contribution >= 4 is 34.6 Å². The van der Waals surface area contributed by atoms with Crippen LogP contribution in [0.15, 0.2) is 35.0 Å². The van der Waals surface area contributed by atoms with Crippen molar-refractivity contribution in [3.8, 4) is 0 Å². The molecule has 8 heteroatoms. The number of aromatic nitrogens is 3. The number of carbonyl (C=O) groups excluding carboxylic acids is 1. The summed E-state index contributed by atoms with van der Waals surface area (Å²) in [7, 11) is 1.91. The first kappa shape index (κ1) is 16.9. The molecule has 7 nitrogen and oxygen atoms in total. The van der Waals surface area contributed by atoms with Crippen molar-refractivity contribution < 1.29 is 9.21 Å². The Hall–Kier alpha value is -2.54. The molecular weight excluding hydrogens is 354 g/mol. The van der Waals surface area contributed by atoms with E-state index in [2.05, 4.69) is 15.3 Å². The van der Waals surface area contributed by atoms with E-state index in [-0.39, 0.29) is 11.8 Å². The van der Waals surface area contributed by atoms with E-state index in [1.54, 1.807) is 18.3 Å². The van der Waals surface area contributed by atoms with Crippen molar-refractivity contribution in [3.05, 3.63) is 41.4 Å². The molecule has 3 aromatic rings. The van der Waals surface area contributed by atoms with Crippen molar-refractivity contribution in [3.63, 3.8) is 0 Å². The van der Waals surface area contributed by atoms with Gasteiger partial charge in [-0.15, -0.1) is 0 Å². The zero-order valence-electron chi connectivity index (χ0n) is 14.5. The fraction of sp³-hybridized carbons (Fsp3) is 0.389. The minimum absolute atomic E-state index is 0.0388. The summed E-state index contributed by atoms with van der Waals surface area (Å²) in [4.78, 5) is 23.3. The van der Waals surface area contributed by atoms with Gasteiger partial charge < -0.3 is 19.2 Å². The number of amides is 1. The van der Waals surface area contributed by atoms with Crippen LogP contribution in [0, 0.1) is 5.92 Å². The van der Waals surface area contributed by atoms with E-state index >= 15 is 0 Å². The fourth-order valence-electron chi connectivity index (χ4n) is 3.27. The third-order valence-corrected chi connectivity index (χ3v) is 4.98. The number of piperidine rings is 1. The number of fused-ring (bicyclic) bond motifs is 1. The van der Waals surface area contributed by atoms with E-state index in [4.69, 9.17) is 16.0 Å². The molecule has 1 fully saturated rings. The predicted molar refractivity (Wildman–Crippen MR) is 99.0 cm³/mol. The summed E-state index contributed by atoms with van der Waals surface area (Å²) in [5, 5.41) is 3.61. The van der Waals surface area contributed by atoms with Crippen LogP contribution in [0.4, 0.5) is 6.01 Å². The zero-order valence-corrected chi connectivity index (χ0v) is 15.2. The van der Waals surface area contributed by atoms with Gasteiger partial charge in [0.05, 0.1) is 12.5 Å². The maximum atomic E-state index is 12.6. The first-order chi connectivity index (χ1) is 12.6. The lowest BCUT2D eigenvalue weighted by molar-refractivity contribution is -0.125. The molecule has 1 saturated heterocycles. The van der Waals surface area contributed by atoms with Gasteiger partial charge in [-0.05, 0) is 31.0 Å². The summed E-state index contributed by atoms with van der Waals surface area (Å²) < 4.78 is 7.74. The van der Waals surface area contributed by atoms with E-state index in [0.29, 0.717) is 29.7 Å². The SMILES string of the molecule is Cn1ccnc1CNC(=O)C1CCCN(c2nc3cc(Cl)ccc3o2)C1. The summed E-state index contributed by atoms with van der Waals surface area (Å²) in [6.07, 6.45) is 5.36. The highest BCUT2D eigenvalue weighted by Crippen LogP contribution is 2.28. The summed E-state index contributed by atoms with van der Waals surface area (Å²) in [6, 6.07) is 5.92. The quantitative estimate of drug-likeness (QED) is 0.761. The fourth-order valence-corrected chi connectivity index (χ4v) is 3.43. The number of hydrogen-bond acceptors (Lipinski definition) is 5. The number of hydrogen-bond donors (Lipinski definition) is 1. The average molecular weight is 374 g/mol. The Morgan fingerprint density at radius 2 is 2.35 bits per heavy atom. The number of imidazole rings is 1. The molecule has 0 saturated carbocycles. The van der Waals surface area contributed by atoms with E-state index in [1.165, 1.54) is 0 Å². The normalized spacial score (nSPS) is 17.6. The van der Waals surface area contributed by atoms with Gasteiger partial charge in [0.15, 0.2) is 5.58 Å². The second-order valence-corrected chi connectivity index (χ2v) is 7.00. The highest BCUT2D eigenvalue weighted by atomic mass is 35.5. The van der Waals surface area contributed by atoms with Gasteiger partial charge in [0.1, 0.15) is 11.3 Å². The van der Waals surface area contributed by atoms with Crippen LogP contribution in [-0.4, -0.2) is 33.5 Å². The standard InChI is InChI=1S/C18H20ClN5O2/c1-23-8-6-20-16(23)10-21-17(25)12-3-2-7-24(11-12)18-22-14-9-13(19)4-5-15(14)26-18/h4-6,8-9,12H,2-3,7,10-11H2,1H3,(H,21,25). The third-order valence-electron chi connectivity index (χ3n) is 4.74. The topological polar surface area (TPSA) is 76.2 Å². The van der Waals surface area contributed by atoms with Crippen LogP contribution in [0.2, 0.25) is 5.02 Å². The molecule has 1 N–H and O–H groups in total. The lowest BCUT2D eigenvalue weighted by Crippen LogP contribution is -2.43. The molecule has 0 bridgehead atoms. The van der Waals surface area contributed by atoms with Crippen molar-refractivity contribution in [1.82, 2.24) is 19.9 Å². The molecule has 2 aromatic heterocycles. The molecule has 1 aromatic carbocycles. The van der Waals surface area contributed by atoms with E-state index in [9.17, 15) is 4.79 Å². The lowest BCUT2D eigenvalue weighted by atomic mass is 9.97. The number of aryl methyl sites for hydroxylation is 1. The van der Waals surface area contributed by atoms with Crippen LogP contribution < -0.4 is 10.2 Å². The first-order valence-electron chi connectivity index (χ1n) is 8.65. The van der Waals surface area contributed by atoms with Crippen LogP contribution in [0.1, 0.15) is 18.7 Å². The molecule has 0 radical (unpaired) electrons. The highest BCUT2D eigenvalue weighted by Gasteiger charge is 2.28. The third kappa shape index (κ3) is 3.39. The van der Waals surface area contributed by atoms with Crippen LogP contribution in [-0.2, 0) is 18.4 Å². The van der Waals surface area contributed by atoms with Crippen LogP contribution in [0.3, 0.4) is 0 Å². The Balaban J connectivity index is 1.42. The Morgan fingerprint density at radius 1 is 1.46 bits per heavy atom. The molecule has 136 valence electrons. The molecule has 1 aliphatic heterocycles. The number of halogens is 1. The largest absolute Gasteiger partial charge is 0.423 e. The molecule has 1 amide bonds. The molecule has 0 spiro atoms. The van der Waals surface area contributed by atoms with Gasteiger partial charge in [-0.1, -0.05) is 11.6 Å². The highest BCUT2D eigenvalue weighted by molar-refractivity contribution is 6.31. The number of rotatable bonds is 4. The minimum atomic E-state index is -0.0948. The maximum absolute atomic E-state index is 12.6. The van der Waals surface area contributed by atoms with Gasteiger partial charge in [-0.2, -0.15) is 4.98 Å². The molecule has 3 heterocycles. The smallest absolute Gasteiger partial charge is 0.298 e. The second-order valence-electron chi connectivity index (χ2n) is 6.57. The monoisotopic (exact) mass is 373 g/mol. The molecule has 4 rings (SSSR count). The summed E-state index contributed by atoms with van der Waals surface area (Å²) in [5.41, 5.74) is 1.43. The van der Waals surface area contributed by atoms with Crippen molar-refractivity contribution in [2.75, 3.05) is 18.0 Å². The van der Waals surface area contributed by atoms with Gasteiger partial charge >= 0.3 is 0 Å². The number of benzene rings is 1. The molecule has 26 heavy (non-hydrogen) atoms. The average Bonchev–Trinajstić information content (AvgIpc) is 3.25. The van der Waals surface area contributed by atoms with Gasteiger partial charge in [0, 0.05) is 37.6 Å². The van der Waals surface area contributed by atoms with Crippen molar-refractivity contribution in [2.24, 2.45) is 13.0 Å². The number of nitrogens with zero attached hydrogens (tertiary/aromatic N) is 4. The van der Waals surface area contributed by atoms with E-state index < -0.39 is 0 Å². The second kappa shape index (κ2) is 6.99. The Kier molecular flexibility index (Phi) is 4.55. The van der Waals surface area contributed by atoms with Crippen LogP contribution >= 0.6 is 11.6 Å². The summed E-state index contributed by atoms with van der Waals surface area (Å²) >= 11 is 6.01. The van der Waals surface area contributed by atoms with E-state index in [0.717, 1.165) is 30.7 Å². The van der Waals surface area contributed by atoms with E-state index in [1.807, 2.05) is 28.8 Å². The molecule has 1 atom stereocenters. The van der Waals surface area contributed by atoms with Gasteiger partial charge in [-0.3, -0.25) is 4.79 Å². The predicted octanol–water partition coefficient (Wildman–Crippen LogP) is 2.75. The minimum Gasteiger partial charge on any atom is -0.423 e.